The maximum atomic E-state index is 12.0. The lowest BCUT2D eigenvalue weighted by Crippen LogP contribution is -2.26. The number of aromatic nitrogens is 3. The zero-order valence-corrected chi connectivity index (χ0v) is 13.7. The Morgan fingerprint density at radius 2 is 2.12 bits per heavy atom. The van der Waals surface area contributed by atoms with E-state index in [9.17, 15) is 9.59 Å². The number of hydrogen-bond donors (Lipinski definition) is 1. The fourth-order valence-electron chi connectivity index (χ4n) is 2.55. The average molecular weight is 354 g/mol. The van der Waals surface area contributed by atoms with E-state index in [4.69, 9.17) is 13.4 Å². The summed E-state index contributed by atoms with van der Waals surface area (Å²) in [7, 11) is 0. The van der Waals surface area contributed by atoms with Gasteiger partial charge in [0.1, 0.15) is 6.04 Å². The van der Waals surface area contributed by atoms with Gasteiger partial charge in [0.15, 0.2) is 17.2 Å². The van der Waals surface area contributed by atoms with Crippen LogP contribution in [-0.2, 0) is 6.54 Å². The van der Waals surface area contributed by atoms with Crippen molar-refractivity contribution in [1.82, 2.24) is 20.0 Å². The molecule has 0 unspecified atom stereocenters. The van der Waals surface area contributed by atoms with Crippen LogP contribution in [0.5, 0.6) is 0 Å². The van der Waals surface area contributed by atoms with Gasteiger partial charge in [0.25, 0.3) is 5.91 Å². The van der Waals surface area contributed by atoms with Gasteiger partial charge in [0.05, 0.1) is 18.3 Å². The monoisotopic (exact) mass is 354 g/mol. The second-order valence-corrected chi connectivity index (χ2v) is 5.64. The van der Waals surface area contributed by atoms with Crippen molar-refractivity contribution < 1.29 is 18.2 Å². The number of amides is 1. The summed E-state index contributed by atoms with van der Waals surface area (Å²) >= 11 is 0. The zero-order chi connectivity index (χ0) is 18.1. The van der Waals surface area contributed by atoms with Crippen molar-refractivity contribution in [2.75, 3.05) is 0 Å². The van der Waals surface area contributed by atoms with Crippen molar-refractivity contribution in [3.05, 3.63) is 70.7 Å². The number of nitrogens with one attached hydrogen (secondary N) is 1. The van der Waals surface area contributed by atoms with Crippen LogP contribution in [-0.4, -0.2) is 20.6 Å². The number of carbonyl (C=O) groups is 1. The highest BCUT2D eigenvalue weighted by Crippen LogP contribution is 2.15. The Balaban J connectivity index is 1.51. The van der Waals surface area contributed by atoms with Gasteiger partial charge in [-0.1, -0.05) is 17.3 Å². The van der Waals surface area contributed by atoms with E-state index in [2.05, 4.69) is 15.5 Å². The summed E-state index contributed by atoms with van der Waals surface area (Å²) in [6.07, 6.45) is 1.41. The second-order valence-electron chi connectivity index (χ2n) is 5.64. The molecule has 1 aromatic carbocycles. The van der Waals surface area contributed by atoms with Crippen molar-refractivity contribution in [3.63, 3.8) is 0 Å². The Morgan fingerprint density at radius 1 is 1.27 bits per heavy atom. The SMILES string of the molecule is C[C@H](NC(=O)c1ccco1)c1nc(Cn2c(=O)oc3ccccc32)no1. The number of nitrogens with zero attached hydrogens (tertiary/aromatic N) is 3. The lowest BCUT2D eigenvalue weighted by molar-refractivity contribution is 0.0904. The third-order valence-corrected chi connectivity index (χ3v) is 3.82. The largest absolute Gasteiger partial charge is 0.459 e. The summed E-state index contributed by atoms with van der Waals surface area (Å²) < 4.78 is 16.8. The molecule has 3 heterocycles. The van der Waals surface area contributed by atoms with Crippen molar-refractivity contribution in [2.24, 2.45) is 0 Å². The molecular formula is C17H14N4O5. The Hall–Kier alpha value is -3.62. The predicted molar refractivity (Wildman–Crippen MR) is 88.5 cm³/mol. The highest BCUT2D eigenvalue weighted by atomic mass is 16.5. The number of carbonyl (C=O) groups excluding carboxylic acids is 1. The minimum Gasteiger partial charge on any atom is -0.459 e. The molecule has 0 radical (unpaired) electrons. The standard InChI is InChI=1S/C17H14N4O5/c1-10(18-15(22)13-7-4-8-24-13)16-19-14(20-26-16)9-21-11-5-2-3-6-12(11)25-17(21)23/h2-8,10H,9H2,1H3,(H,18,22)/t10-/m0/s1. The van der Waals surface area contributed by atoms with Gasteiger partial charge in [0, 0.05) is 0 Å². The first kappa shape index (κ1) is 15.9. The van der Waals surface area contributed by atoms with Crippen LogP contribution in [0.2, 0.25) is 0 Å². The molecular weight excluding hydrogens is 340 g/mol. The normalized spacial score (nSPS) is 12.3. The highest BCUT2D eigenvalue weighted by molar-refractivity contribution is 5.91. The molecule has 0 spiro atoms. The van der Waals surface area contributed by atoms with Crippen molar-refractivity contribution in [2.45, 2.75) is 19.5 Å². The van der Waals surface area contributed by atoms with Gasteiger partial charge >= 0.3 is 5.76 Å². The average Bonchev–Trinajstić information content (AvgIpc) is 3.36. The molecule has 4 rings (SSSR count). The molecule has 0 saturated heterocycles. The van der Waals surface area contributed by atoms with E-state index in [0.29, 0.717) is 16.9 Å². The quantitative estimate of drug-likeness (QED) is 0.583. The van der Waals surface area contributed by atoms with Crippen LogP contribution in [0, 0.1) is 0 Å². The van der Waals surface area contributed by atoms with Crippen LogP contribution >= 0.6 is 0 Å². The van der Waals surface area contributed by atoms with E-state index in [0.717, 1.165) is 0 Å². The van der Waals surface area contributed by atoms with Gasteiger partial charge in [-0.25, -0.2) is 4.79 Å². The van der Waals surface area contributed by atoms with E-state index in [-0.39, 0.29) is 24.1 Å². The fourth-order valence-corrected chi connectivity index (χ4v) is 2.55. The van der Waals surface area contributed by atoms with Crippen LogP contribution < -0.4 is 11.1 Å². The summed E-state index contributed by atoms with van der Waals surface area (Å²) in [5, 5.41) is 6.56. The Labute approximate surface area is 146 Å². The fraction of sp³-hybridized carbons (Fsp3) is 0.176. The van der Waals surface area contributed by atoms with Crippen LogP contribution in [0.15, 0.2) is 60.8 Å². The molecule has 26 heavy (non-hydrogen) atoms. The molecule has 9 heteroatoms. The molecule has 3 aromatic heterocycles. The van der Waals surface area contributed by atoms with E-state index >= 15 is 0 Å². The minimum absolute atomic E-state index is 0.0954. The van der Waals surface area contributed by atoms with Crippen LogP contribution in [0.25, 0.3) is 11.1 Å². The number of oxazole rings is 1. The highest BCUT2D eigenvalue weighted by Gasteiger charge is 2.20. The van der Waals surface area contributed by atoms with E-state index in [1.807, 2.05) is 6.07 Å². The number of hydrogen-bond acceptors (Lipinski definition) is 7. The Bertz CT molecular complexity index is 1110. The first-order valence-electron chi connectivity index (χ1n) is 7.87. The molecule has 0 aliphatic rings. The zero-order valence-electron chi connectivity index (χ0n) is 13.7. The van der Waals surface area contributed by atoms with Gasteiger partial charge in [-0.3, -0.25) is 9.36 Å². The van der Waals surface area contributed by atoms with E-state index in [1.165, 1.54) is 10.8 Å². The topological polar surface area (TPSA) is 116 Å². The molecule has 132 valence electrons. The third kappa shape index (κ3) is 2.90. The molecule has 0 aliphatic carbocycles. The van der Waals surface area contributed by atoms with Gasteiger partial charge in [-0.15, -0.1) is 0 Å². The first-order chi connectivity index (χ1) is 12.6. The lowest BCUT2D eigenvalue weighted by Gasteiger charge is -2.07. The predicted octanol–water partition coefficient (Wildman–Crippen LogP) is 2.11. The third-order valence-electron chi connectivity index (χ3n) is 3.82. The van der Waals surface area contributed by atoms with Gasteiger partial charge in [-0.05, 0) is 31.2 Å². The molecule has 0 aliphatic heterocycles. The van der Waals surface area contributed by atoms with Crippen molar-refractivity contribution in [1.29, 1.82) is 0 Å². The summed E-state index contributed by atoms with van der Waals surface area (Å²) in [6, 6.07) is 9.73. The molecule has 1 N–H and O–H groups in total. The van der Waals surface area contributed by atoms with Gasteiger partial charge < -0.3 is 18.7 Å². The van der Waals surface area contributed by atoms with Crippen LogP contribution in [0.3, 0.4) is 0 Å². The molecule has 4 aromatic rings. The summed E-state index contributed by atoms with van der Waals surface area (Å²) in [6.45, 7) is 1.80. The number of furan rings is 1. The smallest absolute Gasteiger partial charge is 0.420 e. The summed E-state index contributed by atoms with van der Waals surface area (Å²) in [4.78, 5) is 28.2. The Kier molecular flexibility index (Phi) is 3.88. The van der Waals surface area contributed by atoms with Crippen molar-refractivity contribution in [3.8, 4) is 0 Å². The molecule has 1 amide bonds. The number of para-hydroxylation sites is 2. The second kappa shape index (κ2) is 6.36. The van der Waals surface area contributed by atoms with Gasteiger partial charge in [-0.2, -0.15) is 4.98 Å². The number of benzene rings is 1. The van der Waals surface area contributed by atoms with Crippen LogP contribution in [0.1, 0.15) is 35.2 Å². The number of rotatable bonds is 5. The van der Waals surface area contributed by atoms with Crippen molar-refractivity contribution >= 4 is 17.0 Å². The lowest BCUT2D eigenvalue weighted by atomic mass is 10.3. The molecule has 0 fully saturated rings. The maximum Gasteiger partial charge on any atom is 0.420 e. The minimum atomic E-state index is -0.522. The van der Waals surface area contributed by atoms with Crippen LogP contribution in [0.4, 0.5) is 0 Å². The molecule has 0 saturated carbocycles. The maximum absolute atomic E-state index is 12.0. The van der Waals surface area contributed by atoms with E-state index < -0.39 is 11.8 Å². The summed E-state index contributed by atoms with van der Waals surface area (Å²) in [5.74, 6) is -0.183. The molecule has 1 atom stereocenters. The molecule has 9 nitrogen and oxygen atoms in total. The van der Waals surface area contributed by atoms with Gasteiger partial charge in [0.2, 0.25) is 5.89 Å². The summed E-state index contributed by atoms with van der Waals surface area (Å²) in [5.41, 5.74) is 1.13. The Morgan fingerprint density at radius 3 is 2.92 bits per heavy atom. The van der Waals surface area contributed by atoms with E-state index in [1.54, 1.807) is 37.3 Å². The molecule has 0 bridgehead atoms. The number of fused-ring (bicyclic) bond motifs is 1. The first-order valence-corrected chi connectivity index (χ1v) is 7.87.